The van der Waals surface area contributed by atoms with Gasteiger partial charge in [0, 0.05) is 13.5 Å². The first-order valence-corrected chi connectivity index (χ1v) is 6.58. The largest absolute Gasteiger partial charge is 0.441 e. The first kappa shape index (κ1) is 12.5. The molecular weight excluding hydrogens is 250 g/mol. The Labute approximate surface area is 117 Å². The molecule has 1 aromatic heterocycles. The average molecular weight is 267 g/mol. The summed E-state index contributed by atoms with van der Waals surface area (Å²) in [7, 11) is 0. The van der Waals surface area contributed by atoms with E-state index in [0.717, 1.165) is 28.0 Å². The summed E-state index contributed by atoms with van der Waals surface area (Å²) in [6, 6.07) is 12.0. The van der Waals surface area contributed by atoms with Crippen LogP contribution in [0.4, 0.5) is 11.4 Å². The van der Waals surface area contributed by atoms with Gasteiger partial charge in [-0.25, -0.2) is 4.98 Å². The number of fused-ring (bicyclic) bond motifs is 1. The van der Waals surface area contributed by atoms with Crippen molar-refractivity contribution in [1.82, 2.24) is 4.98 Å². The van der Waals surface area contributed by atoms with E-state index in [1.54, 1.807) is 0 Å². The van der Waals surface area contributed by atoms with Crippen molar-refractivity contribution < 1.29 is 4.42 Å². The molecule has 0 atom stereocenters. The molecule has 0 bridgehead atoms. The summed E-state index contributed by atoms with van der Waals surface area (Å²) in [6.07, 6.45) is 0. The molecule has 1 heterocycles. The zero-order valence-corrected chi connectivity index (χ0v) is 11.6. The molecule has 0 fully saturated rings. The van der Waals surface area contributed by atoms with Gasteiger partial charge in [-0.3, -0.25) is 0 Å². The van der Waals surface area contributed by atoms with Crippen LogP contribution in [0.1, 0.15) is 17.0 Å². The quantitative estimate of drug-likeness (QED) is 0.711. The maximum atomic E-state index is 5.96. The monoisotopic (exact) mass is 267 g/mol. The van der Waals surface area contributed by atoms with Crippen LogP contribution in [0.15, 0.2) is 40.8 Å². The van der Waals surface area contributed by atoms with Crippen LogP contribution in [0.25, 0.3) is 11.1 Å². The summed E-state index contributed by atoms with van der Waals surface area (Å²) in [5.74, 6) is 0.688. The van der Waals surface area contributed by atoms with Crippen molar-refractivity contribution in [2.24, 2.45) is 0 Å². The van der Waals surface area contributed by atoms with Gasteiger partial charge in [-0.05, 0) is 42.3 Å². The molecule has 2 aromatic carbocycles. The normalized spacial score (nSPS) is 10.9. The minimum atomic E-state index is 0.688. The first-order chi connectivity index (χ1) is 9.61. The van der Waals surface area contributed by atoms with E-state index in [-0.39, 0.29) is 0 Å². The molecule has 0 unspecified atom stereocenters. The van der Waals surface area contributed by atoms with Gasteiger partial charge in [-0.2, -0.15) is 0 Å². The molecule has 0 aliphatic carbocycles. The average Bonchev–Trinajstić information content (AvgIpc) is 2.79. The van der Waals surface area contributed by atoms with Crippen molar-refractivity contribution in [2.45, 2.75) is 20.4 Å². The molecule has 20 heavy (non-hydrogen) atoms. The molecule has 0 saturated carbocycles. The number of benzene rings is 2. The van der Waals surface area contributed by atoms with Gasteiger partial charge >= 0.3 is 0 Å². The van der Waals surface area contributed by atoms with Gasteiger partial charge in [-0.15, -0.1) is 0 Å². The van der Waals surface area contributed by atoms with Crippen LogP contribution in [0.5, 0.6) is 0 Å². The summed E-state index contributed by atoms with van der Waals surface area (Å²) in [4.78, 5) is 4.29. The Hall–Kier alpha value is -2.49. The van der Waals surface area contributed by atoms with Gasteiger partial charge in [0.05, 0.1) is 11.4 Å². The number of hydrogen-bond acceptors (Lipinski definition) is 4. The predicted octanol–water partition coefficient (Wildman–Crippen LogP) is 3.64. The van der Waals surface area contributed by atoms with Crippen LogP contribution in [0, 0.1) is 13.8 Å². The summed E-state index contributed by atoms with van der Waals surface area (Å²) in [5, 5.41) is 3.35. The van der Waals surface area contributed by atoms with Crippen molar-refractivity contribution >= 4 is 22.5 Å². The highest BCUT2D eigenvalue weighted by atomic mass is 16.3. The number of hydrogen-bond donors (Lipinski definition) is 2. The number of nitrogens with one attached hydrogen (secondary N) is 1. The molecule has 0 amide bonds. The van der Waals surface area contributed by atoms with E-state index in [4.69, 9.17) is 10.2 Å². The molecule has 3 rings (SSSR count). The second kappa shape index (κ2) is 4.89. The topological polar surface area (TPSA) is 64.1 Å². The number of aryl methyl sites for hydroxylation is 2. The second-order valence-electron chi connectivity index (χ2n) is 4.98. The SMILES string of the molecule is Cc1ccc(N)c(NCc2ccc3nc(C)oc3c2)c1. The smallest absolute Gasteiger partial charge is 0.192 e. The van der Waals surface area contributed by atoms with Crippen molar-refractivity contribution in [2.75, 3.05) is 11.1 Å². The fourth-order valence-electron chi connectivity index (χ4n) is 2.21. The lowest BCUT2D eigenvalue weighted by Crippen LogP contribution is -2.02. The van der Waals surface area contributed by atoms with Crippen LogP contribution in [-0.4, -0.2) is 4.98 Å². The van der Waals surface area contributed by atoms with Gasteiger partial charge in [0.15, 0.2) is 11.5 Å². The minimum Gasteiger partial charge on any atom is -0.441 e. The van der Waals surface area contributed by atoms with E-state index < -0.39 is 0 Å². The van der Waals surface area contributed by atoms with E-state index >= 15 is 0 Å². The molecule has 3 aromatic rings. The Kier molecular flexibility index (Phi) is 3.06. The standard InChI is InChI=1S/C16H17N3O/c1-10-3-5-13(17)15(7-10)18-9-12-4-6-14-16(8-12)20-11(2)19-14/h3-8,18H,9,17H2,1-2H3. The number of nitrogens with zero attached hydrogens (tertiary/aromatic N) is 1. The summed E-state index contributed by atoms with van der Waals surface area (Å²) >= 11 is 0. The molecular formula is C16H17N3O. The number of nitrogens with two attached hydrogens (primary N) is 1. The maximum Gasteiger partial charge on any atom is 0.192 e. The van der Waals surface area contributed by atoms with Crippen LogP contribution in [0.2, 0.25) is 0 Å². The highest BCUT2D eigenvalue weighted by molar-refractivity contribution is 5.73. The van der Waals surface area contributed by atoms with Crippen molar-refractivity contribution in [3.8, 4) is 0 Å². The zero-order chi connectivity index (χ0) is 14.1. The molecule has 0 aliphatic heterocycles. The number of anilines is 2. The summed E-state index contributed by atoms with van der Waals surface area (Å²) < 4.78 is 5.54. The number of nitrogen functional groups attached to an aromatic ring is 1. The van der Waals surface area contributed by atoms with Crippen LogP contribution in [-0.2, 0) is 6.54 Å². The third-order valence-corrected chi connectivity index (χ3v) is 3.25. The Balaban J connectivity index is 1.80. The zero-order valence-electron chi connectivity index (χ0n) is 11.6. The van der Waals surface area contributed by atoms with Crippen LogP contribution >= 0.6 is 0 Å². The molecule has 3 N–H and O–H groups in total. The Morgan fingerprint density at radius 2 is 2.00 bits per heavy atom. The number of rotatable bonds is 3. The van der Waals surface area contributed by atoms with Gasteiger partial charge < -0.3 is 15.5 Å². The molecule has 4 nitrogen and oxygen atoms in total. The minimum absolute atomic E-state index is 0.688. The molecule has 0 radical (unpaired) electrons. The van der Waals surface area contributed by atoms with Crippen molar-refractivity contribution in [1.29, 1.82) is 0 Å². The number of oxazole rings is 1. The molecule has 102 valence electrons. The van der Waals surface area contributed by atoms with Gasteiger partial charge in [0.25, 0.3) is 0 Å². The Morgan fingerprint density at radius 1 is 1.15 bits per heavy atom. The van der Waals surface area contributed by atoms with Gasteiger partial charge in [0.1, 0.15) is 5.52 Å². The van der Waals surface area contributed by atoms with E-state index in [2.05, 4.69) is 10.3 Å². The van der Waals surface area contributed by atoms with E-state index in [1.165, 1.54) is 5.56 Å². The summed E-state index contributed by atoms with van der Waals surface area (Å²) in [6.45, 7) is 4.60. The maximum absolute atomic E-state index is 5.96. The van der Waals surface area contributed by atoms with Gasteiger partial charge in [0.2, 0.25) is 0 Å². The summed E-state index contributed by atoms with van der Waals surface area (Å²) in [5.41, 5.74) is 11.7. The van der Waals surface area contributed by atoms with Crippen molar-refractivity contribution in [3.63, 3.8) is 0 Å². The highest BCUT2D eigenvalue weighted by Gasteiger charge is 2.04. The molecule has 0 saturated heterocycles. The van der Waals surface area contributed by atoms with E-state index in [1.807, 2.05) is 50.2 Å². The van der Waals surface area contributed by atoms with E-state index in [0.29, 0.717) is 12.4 Å². The fourth-order valence-corrected chi connectivity index (χ4v) is 2.21. The van der Waals surface area contributed by atoms with Crippen LogP contribution < -0.4 is 11.1 Å². The Bertz CT molecular complexity index is 762. The molecule has 0 aliphatic rings. The fraction of sp³-hybridized carbons (Fsp3) is 0.188. The van der Waals surface area contributed by atoms with E-state index in [9.17, 15) is 0 Å². The lowest BCUT2D eigenvalue weighted by molar-refractivity contribution is 0.561. The predicted molar refractivity (Wildman–Crippen MR) is 81.7 cm³/mol. The third-order valence-electron chi connectivity index (χ3n) is 3.25. The van der Waals surface area contributed by atoms with Crippen molar-refractivity contribution in [3.05, 3.63) is 53.4 Å². The molecule has 0 spiro atoms. The Morgan fingerprint density at radius 3 is 2.85 bits per heavy atom. The molecule has 4 heteroatoms. The van der Waals surface area contributed by atoms with Crippen LogP contribution in [0.3, 0.4) is 0 Å². The number of aromatic nitrogens is 1. The second-order valence-corrected chi connectivity index (χ2v) is 4.98. The van der Waals surface area contributed by atoms with Gasteiger partial charge in [-0.1, -0.05) is 12.1 Å². The first-order valence-electron chi connectivity index (χ1n) is 6.58. The third kappa shape index (κ3) is 2.45. The lowest BCUT2D eigenvalue weighted by atomic mass is 10.1. The lowest BCUT2D eigenvalue weighted by Gasteiger charge is -2.10. The highest BCUT2D eigenvalue weighted by Crippen LogP contribution is 2.22.